The van der Waals surface area contributed by atoms with E-state index in [2.05, 4.69) is 18.2 Å². The van der Waals surface area contributed by atoms with Crippen LogP contribution in [0.4, 0.5) is 8.78 Å². The van der Waals surface area contributed by atoms with Gasteiger partial charge in [0.05, 0.1) is 11.6 Å². The number of rotatable bonds is 6. The summed E-state index contributed by atoms with van der Waals surface area (Å²) in [6.07, 6.45) is 7.94. The van der Waals surface area contributed by atoms with Crippen LogP contribution in [0.2, 0.25) is 0 Å². The monoisotopic (exact) mass is 303 g/mol. The molecule has 0 amide bonds. The van der Waals surface area contributed by atoms with Gasteiger partial charge in [-0.15, -0.1) is 0 Å². The summed E-state index contributed by atoms with van der Waals surface area (Å²) in [4.78, 5) is 0. The molecule has 0 unspecified atom stereocenters. The van der Waals surface area contributed by atoms with Crippen LogP contribution >= 0.6 is 0 Å². The Hall–Kier alpha value is -1.69. The highest BCUT2D eigenvalue weighted by Crippen LogP contribution is 2.37. The van der Waals surface area contributed by atoms with E-state index in [1.54, 1.807) is 0 Å². The van der Waals surface area contributed by atoms with Gasteiger partial charge in [-0.1, -0.05) is 25.0 Å². The Balaban J connectivity index is 1.69. The standard InChI is InChI=1S/C19H23F2N/c20-19(21)5-3-1-2-4-15-6-10-17(11-7-15)18-12-8-16(14-22)9-13-18/h5,8-9,12-13,15,17H,1-4,6-7,10-11H2/t15-,17-. The fourth-order valence-electron chi connectivity index (χ4n) is 3.40. The second-order valence-electron chi connectivity index (χ2n) is 6.23. The fraction of sp³-hybridized carbons (Fsp3) is 0.526. The molecule has 3 heteroatoms. The first-order chi connectivity index (χ1) is 10.7. The predicted octanol–water partition coefficient (Wildman–Crippen LogP) is 6.17. The Morgan fingerprint density at radius 1 is 1.09 bits per heavy atom. The molecule has 1 aromatic rings. The second-order valence-corrected chi connectivity index (χ2v) is 6.23. The third-order valence-electron chi connectivity index (χ3n) is 4.72. The maximum Gasteiger partial charge on any atom is 0.266 e. The smallest absolute Gasteiger partial charge is 0.192 e. The molecule has 1 aliphatic rings. The van der Waals surface area contributed by atoms with Gasteiger partial charge in [0.1, 0.15) is 0 Å². The minimum Gasteiger partial charge on any atom is -0.192 e. The molecule has 0 aliphatic heterocycles. The van der Waals surface area contributed by atoms with E-state index in [1.165, 1.54) is 37.7 Å². The van der Waals surface area contributed by atoms with Crippen molar-refractivity contribution in [1.29, 1.82) is 5.26 Å². The molecule has 0 bridgehead atoms. The molecule has 1 fully saturated rings. The number of halogens is 2. The van der Waals surface area contributed by atoms with Gasteiger partial charge in [0.15, 0.2) is 0 Å². The summed E-state index contributed by atoms with van der Waals surface area (Å²) in [5.41, 5.74) is 2.07. The van der Waals surface area contributed by atoms with Crippen LogP contribution in [0.25, 0.3) is 0 Å². The third-order valence-corrected chi connectivity index (χ3v) is 4.72. The number of nitrogens with zero attached hydrogens (tertiary/aromatic N) is 1. The van der Waals surface area contributed by atoms with Gasteiger partial charge in [-0.2, -0.15) is 14.0 Å². The van der Waals surface area contributed by atoms with E-state index >= 15 is 0 Å². The number of hydrogen-bond acceptors (Lipinski definition) is 1. The number of benzene rings is 1. The van der Waals surface area contributed by atoms with E-state index in [0.717, 1.165) is 30.4 Å². The highest BCUT2D eigenvalue weighted by molar-refractivity contribution is 5.33. The molecule has 0 saturated heterocycles. The van der Waals surface area contributed by atoms with Gasteiger partial charge < -0.3 is 0 Å². The summed E-state index contributed by atoms with van der Waals surface area (Å²) in [5.74, 6) is 1.38. The minimum atomic E-state index is -1.55. The molecule has 0 atom stereocenters. The Morgan fingerprint density at radius 3 is 2.36 bits per heavy atom. The lowest BCUT2D eigenvalue weighted by Gasteiger charge is -2.28. The highest BCUT2D eigenvalue weighted by atomic mass is 19.3. The van der Waals surface area contributed by atoms with E-state index in [-0.39, 0.29) is 0 Å². The highest BCUT2D eigenvalue weighted by Gasteiger charge is 2.21. The van der Waals surface area contributed by atoms with E-state index in [1.807, 2.05) is 12.1 Å². The summed E-state index contributed by atoms with van der Waals surface area (Å²) in [5, 5.41) is 8.83. The fourth-order valence-corrected chi connectivity index (χ4v) is 3.40. The molecule has 0 radical (unpaired) electrons. The summed E-state index contributed by atoms with van der Waals surface area (Å²) in [6, 6.07) is 10.1. The van der Waals surface area contributed by atoms with Crippen LogP contribution in [0.1, 0.15) is 68.4 Å². The number of unbranched alkanes of at least 4 members (excludes halogenated alkanes) is 2. The van der Waals surface area contributed by atoms with Crippen molar-refractivity contribution in [2.45, 2.75) is 57.3 Å². The Bertz CT molecular complexity index is 515. The van der Waals surface area contributed by atoms with E-state index < -0.39 is 6.08 Å². The van der Waals surface area contributed by atoms with Crippen LogP contribution in [0.3, 0.4) is 0 Å². The Morgan fingerprint density at radius 2 is 1.77 bits per heavy atom. The van der Waals surface area contributed by atoms with Gasteiger partial charge >= 0.3 is 0 Å². The van der Waals surface area contributed by atoms with Crippen LogP contribution in [-0.2, 0) is 0 Å². The van der Waals surface area contributed by atoms with Crippen LogP contribution < -0.4 is 0 Å². The minimum absolute atomic E-state index is 0.503. The largest absolute Gasteiger partial charge is 0.266 e. The first-order valence-electron chi connectivity index (χ1n) is 8.20. The zero-order valence-electron chi connectivity index (χ0n) is 12.9. The molecule has 0 N–H and O–H groups in total. The van der Waals surface area contributed by atoms with Crippen molar-refractivity contribution in [3.63, 3.8) is 0 Å². The SMILES string of the molecule is N#Cc1ccc([C@H]2CC[C@H](CCCCC=C(F)F)CC2)cc1. The molecule has 118 valence electrons. The molecule has 0 aromatic heterocycles. The summed E-state index contributed by atoms with van der Waals surface area (Å²) < 4.78 is 23.8. The summed E-state index contributed by atoms with van der Waals surface area (Å²) in [6.45, 7) is 0. The van der Waals surface area contributed by atoms with Crippen molar-refractivity contribution in [2.24, 2.45) is 5.92 Å². The van der Waals surface area contributed by atoms with Crippen LogP contribution in [0, 0.1) is 17.2 Å². The number of nitriles is 1. The van der Waals surface area contributed by atoms with Crippen molar-refractivity contribution in [3.8, 4) is 6.07 Å². The lowest BCUT2D eigenvalue weighted by Crippen LogP contribution is -2.13. The molecule has 22 heavy (non-hydrogen) atoms. The average Bonchev–Trinajstić information content (AvgIpc) is 2.55. The molecular weight excluding hydrogens is 280 g/mol. The molecule has 1 saturated carbocycles. The maximum atomic E-state index is 11.9. The normalized spacial score (nSPS) is 21.1. The van der Waals surface area contributed by atoms with Crippen molar-refractivity contribution >= 4 is 0 Å². The summed E-state index contributed by atoms with van der Waals surface area (Å²) in [7, 11) is 0. The van der Waals surface area contributed by atoms with Gasteiger partial charge in [-0.25, -0.2) is 0 Å². The molecule has 1 nitrogen and oxygen atoms in total. The lowest BCUT2D eigenvalue weighted by atomic mass is 9.77. The Labute approximate surface area is 131 Å². The summed E-state index contributed by atoms with van der Waals surface area (Å²) >= 11 is 0. The van der Waals surface area contributed by atoms with Crippen LogP contribution in [0.5, 0.6) is 0 Å². The quantitative estimate of drug-likeness (QED) is 0.576. The van der Waals surface area contributed by atoms with Crippen LogP contribution in [0.15, 0.2) is 36.4 Å². The molecule has 0 heterocycles. The van der Waals surface area contributed by atoms with E-state index in [0.29, 0.717) is 12.3 Å². The van der Waals surface area contributed by atoms with Crippen molar-refractivity contribution in [2.75, 3.05) is 0 Å². The van der Waals surface area contributed by atoms with Gasteiger partial charge in [-0.3, -0.25) is 0 Å². The molecule has 2 rings (SSSR count). The first kappa shape index (κ1) is 16.7. The molecular formula is C19H23F2N. The predicted molar refractivity (Wildman–Crippen MR) is 84.6 cm³/mol. The maximum absolute atomic E-state index is 11.9. The third kappa shape index (κ3) is 5.26. The molecule has 1 aliphatic carbocycles. The zero-order valence-corrected chi connectivity index (χ0v) is 12.9. The van der Waals surface area contributed by atoms with E-state index in [9.17, 15) is 8.78 Å². The van der Waals surface area contributed by atoms with Gasteiger partial charge in [0.25, 0.3) is 6.08 Å². The van der Waals surface area contributed by atoms with Crippen LogP contribution in [-0.4, -0.2) is 0 Å². The van der Waals surface area contributed by atoms with Crippen molar-refractivity contribution in [1.82, 2.24) is 0 Å². The average molecular weight is 303 g/mol. The Kier molecular flexibility index (Phi) is 6.58. The molecule has 0 spiro atoms. The number of allylic oxidation sites excluding steroid dienone is 1. The second kappa shape index (κ2) is 8.68. The van der Waals surface area contributed by atoms with E-state index in [4.69, 9.17) is 5.26 Å². The number of hydrogen-bond donors (Lipinski definition) is 0. The van der Waals surface area contributed by atoms with Gasteiger partial charge in [0.2, 0.25) is 0 Å². The van der Waals surface area contributed by atoms with Gasteiger partial charge in [0, 0.05) is 0 Å². The van der Waals surface area contributed by atoms with Gasteiger partial charge in [-0.05, 0) is 74.1 Å². The lowest BCUT2D eigenvalue weighted by molar-refractivity contribution is 0.303. The first-order valence-corrected chi connectivity index (χ1v) is 8.20. The molecule has 1 aromatic carbocycles. The van der Waals surface area contributed by atoms with Crippen molar-refractivity contribution < 1.29 is 8.78 Å². The van der Waals surface area contributed by atoms with Crippen molar-refractivity contribution in [3.05, 3.63) is 47.5 Å². The topological polar surface area (TPSA) is 23.8 Å². The zero-order chi connectivity index (χ0) is 15.8.